The average molecular weight is 140 g/mol. The van der Waals surface area contributed by atoms with Crippen LogP contribution in [0.25, 0.3) is 0 Å². The van der Waals surface area contributed by atoms with Gasteiger partial charge in [-0.15, -0.1) is 0 Å². The number of hydrogen-bond acceptors (Lipinski definition) is 2. The number of nitrogens with one attached hydrogen (secondary N) is 2. The van der Waals surface area contributed by atoms with Gasteiger partial charge in [-0.1, -0.05) is 12.5 Å². The highest BCUT2D eigenvalue weighted by atomic mass is 14.9. The second-order valence-electron chi connectivity index (χ2n) is 2.62. The Balaban J connectivity index is 2.13. The first-order valence-electron chi connectivity index (χ1n) is 4.09. The van der Waals surface area contributed by atoms with Gasteiger partial charge < -0.3 is 10.6 Å². The molecule has 2 heteroatoms. The van der Waals surface area contributed by atoms with Crippen LogP contribution in [0.2, 0.25) is 0 Å². The zero-order valence-electron chi connectivity index (χ0n) is 6.40. The maximum absolute atomic E-state index is 3.33. The molecule has 0 atom stereocenters. The summed E-state index contributed by atoms with van der Waals surface area (Å²) in [5.41, 5.74) is 0. The Bertz CT molecular complexity index is 87.4. The van der Waals surface area contributed by atoms with Gasteiger partial charge in [-0.2, -0.15) is 0 Å². The molecule has 58 valence electrons. The van der Waals surface area contributed by atoms with Crippen molar-refractivity contribution < 1.29 is 0 Å². The van der Waals surface area contributed by atoms with Crippen molar-refractivity contribution in [1.29, 1.82) is 0 Å². The van der Waals surface area contributed by atoms with Gasteiger partial charge in [0.15, 0.2) is 0 Å². The zero-order valence-corrected chi connectivity index (χ0v) is 6.40. The molecule has 0 aromatic rings. The van der Waals surface area contributed by atoms with E-state index in [0.717, 1.165) is 13.1 Å². The third kappa shape index (κ3) is 3.51. The van der Waals surface area contributed by atoms with E-state index in [1.165, 1.54) is 25.8 Å². The molecule has 0 radical (unpaired) electrons. The van der Waals surface area contributed by atoms with Crippen molar-refractivity contribution in [1.82, 2.24) is 10.6 Å². The van der Waals surface area contributed by atoms with Crippen LogP contribution in [0.5, 0.6) is 0 Å². The molecule has 1 aliphatic heterocycles. The molecule has 10 heavy (non-hydrogen) atoms. The van der Waals surface area contributed by atoms with Gasteiger partial charge in [-0.3, -0.25) is 0 Å². The molecule has 0 fully saturated rings. The molecule has 1 rings (SSSR count). The molecule has 0 spiro atoms. The molecule has 0 unspecified atom stereocenters. The van der Waals surface area contributed by atoms with Crippen LogP contribution in [0.4, 0.5) is 0 Å². The first-order valence-corrected chi connectivity index (χ1v) is 4.09. The standard InChI is InChI=1S/C8H16N2/c1-2-5-9-7-4-8-10-6-3-1/h4,7,9-10H,1-3,5-6,8H2/b7-4-. The molecule has 0 bridgehead atoms. The Kier molecular flexibility index (Phi) is 4.03. The third-order valence-corrected chi connectivity index (χ3v) is 1.67. The fourth-order valence-corrected chi connectivity index (χ4v) is 1.06. The predicted octanol–water partition coefficient (Wildman–Crippen LogP) is 0.863. The molecule has 0 saturated heterocycles. The minimum atomic E-state index is 1.01. The Hall–Kier alpha value is -0.500. The molecule has 0 aliphatic carbocycles. The van der Waals surface area contributed by atoms with Gasteiger partial charge in [0.1, 0.15) is 0 Å². The Morgan fingerprint density at radius 3 is 2.90 bits per heavy atom. The molecule has 2 N–H and O–H groups in total. The normalized spacial score (nSPS) is 24.8. The van der Waals surface area contributed by atoms with Gasteiger partial charge in [0.05, 0.1) is 0 Å². The lowest BCUT2D eigenvalue weighted by Crippen LogP contribution is -2.18. The topological polar surface area (TPSA) is 24.1 Å². The lowest BCUT2D eigenvalue weighted by molar-refractivity contribution is 0.605. The van der Waals surface area contributed by atoms with Gasteiger partial charge in [0.25, 0.3) is 0 Å². The maximum atomic E-state index is 3.33. The summed E-state index contributed by atoms with van der Waals surface area (Å²) in [7, 11) is 0. The first-order chi connectivity index (χ1) is 5.00. The van der Waals surface area contributed by atoms with E-state index in [0.29, 0.717) is 0 Å². The van der Waals surface area contributed by atoms with Crippen LogP contribution < -0.4 is 10.6 Å². The van der Waals surface area contributed by atoms with Crippen LogP contribution in [0, 0.1) is 0 Å². The van der Waals surface area contributed by atoms with E-state index in [1.807, 2.05) is 6.20 Å². The van der Waals surface area contributed by atoms with E-state index < -0.39 is 0 Å². The van der Waals surface area contributed by atoms with Crippen molar-refractivity contribution in [2.24, 2.45) is 0 Å². The van der Waals surface area contributed by atoms with Crippen molar-refractivity contribution >= 4 is 0 Å². The highest BCUT2D eigenvalue weighted by Crippen LogP contribution is 1.92. The van der Waals surface area contributed by atoms with Gasteiger partial charge in [-0.05, 0) is 25.6 Å². The van der Waals surface area contributed by atoms with Crippen molar-refractivity contribution in [3.05, 3.63) is 12.3 Å². The van der Waals surface area contributed by atoms with Gasteiger partial charge in [0, 0.05) is 13.1 Å². The first kappa shape index (κ1) is 7.61. The Morgan fingerprint density at radius 1 is 1.00 bits per heavy atom. The fourth-order valence-electron chi connectivity index (χ4n) is 1.06. The van der Waals surface area contributed by atoms with Crippen LogP contribution in [0.3, 0.4) is 0 Å². The summed E-state index contributed by atoms with van der Waals surface area (Å²) in [6, 6.07) is 0. The van der Waals surface area contributed by atoms with Crippen LogP contribution in [0.1, 0.15) is 19.3 Å². The maximum Gasteiger partial charge on any atom is 0.0151 e. The molecule has 2 nitrogen and oxygen atoms in total. The fraction of sp³-hybridized carbons (Fsp3) is 0.750. The van der Waals surface area contributed by atoms with Gasteiger partial charge in [0.2, 0.25) is 0 Å². The minimum absolute atomic E-state index is 1.01. The van der Waals surface area contributed by atoms with Crippen LogP contribution in [-0.2, 0) is 0 Å². The van der Waals surface area contributed by atoms with E-state index in [9.17, 15) is 0 Å². The predicted molar refractivity (Wildman–Crippen MR) is 43.9 cm³/mol. The number of hydrogen-bond donors (Lipinski definition) is 2. The average Bonchev–Trinajstić information content (AvgIpc) is 2.01. The van der Waals surface area contributed by atoms with Crippen molar-refractivity contribution in [3.8, 4) is 0 Å². The smallest absolute Gasteiger partial charge is 0.0151 e. The van der Waals surface area contributed by atoms with Crippen LogP contribution >= 0.6 is 0 Å². The zero-order chi connectivity index (χ0) is 7.07. The third-order valence-electron chi connectivity index (χ3n) is 1.67. The molecule has 1 heterocycles. The summed E-state index contributed by atoms with van der Waals surface area (Å²) in [5.74, 6) is 0. The summed E-state index contributed by atoms with van der Waals surface area (Å²) in [5, 5.41) is 6.56. The quantitative estimate of drug-likeness (QED) is 0.521. The van der Waals surface area contributed by atoms with E-state index in [4.69, 9.17) is 0 Å². The molecule has 0 aromatic heterocycles. The molecular weight excluding hydrogens is 124 g/mol. The lowest BCUT2D eigenvalue weighted by Gasteiger charge is -2.05. The van der Waals surface area contributed by atoms with Gasteiger partial charge >= 0.3 is 0 Å². The second kappa shape index (κ2) is 5.30. The number of rotatable bonds is 0. The summed E-state index contributed by atoms with van der Waals surface area (Å²) >= 11 is 0. The van der Waals surface area contributed by atoms with Crippen molar-refractivity contribution in [3.63, 3.8) is 0 Å². The molecular formula is C8H16N2. The monoisotopic (exact) mass is 140 g/mol. The van der Waals surface area contributed by atoms with Gasteiger partial charge in [-0.25, -0.2) is 0 Å². The SMILES string of the molecule is C1=C\NCCCCCNC/1. The Labute approximate surface area is 62.7 Å². The lowest BCUT2D eigenvalue weighted by atomic mass is 10.2. The minimum Gasteiger partial charge on any atom is -0.391 e. The highest BCUT2D eigenvalue weighted by Gasteiger charge is 1.89. The summed E-state index contributed by atoms with van der Waals surface area (Å²) in [6.07, 6.45) is 8.12. The van der Waals surface area contributed by atoms with Crippen molar-refractivity contribution in [2.45, 2.75) is 19.3 Å². The van der Waals surface area contributed by atoms with Crippen LogP contribution in [0.15, 0.2) is 12.3 Å². The van der Waals surface area contributed by atoms with Crippen molar-refractivity contribution in [2.75, 3.05) is 19.6 Å². The van der Waals surface area contributed by atoms with E-state index in [1.54, 1.807) is 0 Å². The summed E-state index contributed by atoms with van der Waals surface area (Å²) in [4.78, 5) is 0. The molecule has 0 aromatic carbocycles. The second-order valence-corrected chi connectivity index (χ2v) is 2.62. The largest absolute Gasteiger partial charge is 0.391 e. The summed E-state index contributed by atoms with van der Waals surface area (Å²) in [6.45, 7) is 3.31. The van der Waals surface area contributed by atoms with E-state index in [-0.39, 0.29) is 0 Å². The molecule has 0 saturated carbocycles. The summed E-state index contributed by atoms with van der Waals surface area (Å²) < 4.78 is 0. The molecule has 0 amide bonds. The highest BCUT2D eigenvalue weighted by molar-refractivity contribution is 4.82. The van der Waals surface area contributed by atoms with E-state index in [2.05, 4.69) is 16.7 Å². The van der Waals surface area contributed by atoms with E-state index >= 15 is 0 Å². The Morgan fingerprint density at radius 2 is 1.90 bits per heavy atom. The van der Waals surface area contributed by atoms with Crippen LogP contribution in [-0.4, -0.2) is 19.6 Å². The molecule has 1 aliphatic rings.